The molecule has 0 spiro atoms. The number of primary sulfonamides is 1. The predicted molar refractivity (Wildman–Crippen MR) is 111 cm³/mol. The lowest BCUT2D eigenvalue weighted by Gasteiger charge is -2.30. The molecule has 8 nitrogen and oxygen atoms in total. The highest BCUT2D eigenvalue weighted by molar-refractivity contribution is 7.89. The van der Waals surface area contributed by atoms with E-state index >= 15 is 0 Å². The molecule has 1 aromatic rings. The lowest BCUT2D eigenvalue weighted by Crippen LogP contribution is -2.38. The predicted octanol–water partition coefficient (Wildman–Crippen LogP) is 1.50. The molecular weight excluding hydrogens is 394 g/mol. The zero-order chi connectivity index (χ0) is 20.9. The molecule has 1 saturated carbocycles. The van der Waals surface area contributed by atoms with Gasteiger partial charge in [0.25, 0.3) is 5.91 Å². The molecule has 0 bridgehead atoms. The van der Waals surface area contributed by atoms with Crippen molar-refractivity contribution in [3.05, 3.63) is 23.8 Å². The minimum Gasteiger partial charge on any atom is -0.378 e. The van der Waals surface area contributed by atoms with Gasteiger partial charge in [-0.05, 0) is 37.0 Å². The van der Waals surface area contributed by atoms with Gasteiger partial charge in [0.1, 0.15) is 0 Å². The summed E-state index contributed by atoms with van der Waals surface area (Å²) in [7, 11) is -3.90. The lowest BCUT2D eigenvalue weighted by atomic mass is 9.88. The number of nitrogens with one attached hydrogen (secondary N) is 1. The monoisotopic (exact) mass is 425 g/mol. The molecule has 0 radical (unpaired) electrons. The first kappa shape index (κ1) is 22.0. The second kappa shape index (κ2) is 9.88. The summed E-state index contributed by atoms with van der Waals surface area (Å²) in [5.41, 5.74) is 0.976. The minimum absolute atomic E-state index is 0.0769. The molecule has 0 aromatic heterocycles. The van der Waals surface area contributed by atoms with Crippen LogP contribution in [-0.2, 0) is 19.5 Å². The fourth-order valence-electron chi connectivity index (χ4n) is 3.95. The molecule has 3 rings (SSSR count). The van der Waals surface area contributed by atoms with Gasteiger partial charge in [0.05, 0.1) is 36.4 Å². The van der Waals surface area contributed by atoms with Gasteiger partial charge in [0.15, 0.2) is 0 Å². The van der Waals surface area contributed by atoms with Crippen molar-refractivity contribution in [2.45, 2.75) is 43.6 Å². The number of carbonyl (C=O) groups excluding carboxylic acids is 1. The summed E-state index contributed by atoms with van der Waals surface area (Å²) in [5.74, 6) is 0.205. The number of benzene rings is 1. The Morgan fingerprint density at radius 3 is 2.69 bits per heavy atom. The molecule has 29 heavy (non-hydrogen) atoms. The maximum Gasteiger partial charge on any atom is 0.253 e. The van der Waals surface area contributed by atoms with Crippen LogP contribution in [0, 0.1) is 5.92 Å². The summed E-state index contributed by atoms with van der Waals surface area (Å²) in [6.07, 6.45) is 4.93. The normalized spacial score (nSPS) is 23.0. The first-order valence-electron chi connectivity index (χ1n) is 10.3. The number of sulfonamides is 1. The Balaban J connectivity index is 1.66. The van der Waals surface area contributed by atoms with Crippen molar-refractivity contribution in [1.29, 1.82) is 0 Å². The smallest absolute Gasteiger partial charge is 0.253 e. The summed E-state index contributed by atoms with van der Waals surface area (Å²) in [5, 5.41) is 8.11. The van der Waals surface area contributed by atoms with Gasteiger partial charge in [0.2, 0.25) is 10.0 Å². The summed E-state index contributed by atoms with van der Waals surface area (Å²) in [6.45, 7) is 5.40. The van der Waals surface area contributed by atoms with Crippen LogP contribution < -0.4 is 15.4 Å². The third-order valence-electron chi connectivity index (χ3n) is 5.65. The van der Waals surface area contributed by atoms with Crippen molar-refractivity contribution >= 4 is 21.6 Å². The van der Waals surface area contributed by atoms with Crippen molar-refractivity contribution in [2.75, 3.05) is 44.4 Å². The van der Waals surface area contributed by atoms with Crippen LogP contribution in [0.2, 0.25) is 0 Å². The molecule has 9 heteroatoms. The zero-order valence-corrected chi connectivity index (χ0v) is 17.7. The number of hydrogen-bond acceptors (Lipinski definition) is 6. The van der Waals surface area contributed by atoms with Crippen LogP contribution in [0.3, 0.4) is 0 Å². The van der Waals surface area contributed by atoms with Crippen molar-refractivity contribution in [3.8, 4) is 0 Å². The maximum atomic E-state index is 12.8. The van der Waals surface area contributed by atoms with Crippen LogP contribution in [0.5, 0.6) is 0 Å². The summed E-state index contributed by atoms with van der Waals surface area (Å²) in [6, 6.07) is 4.42. The Bertz CT molecular complexity index is 808. The molecular formula is C20H31N3O5S. The second-order valence-electron chi connectivity index (χ2n) is 7.75. The topological polar surface area (TPSA) is 111 Å². The zero-order valence-electron chi connectivity index (χ0n) is 16.9. The second-order valence-corrected chi connectivity index (χ2v) is 9.31. The highest BCUT2D eigenvalue weighted by atomic mass is 32.2. The average Bonchev–Trinajstić information content (AvgIpc) is 2.72. The highest BCUT2D eigenvalue weighted by Gasteiger charge is 2.23. The number of ether oxygens (including phenoxy) is 2. The van der Waals surface area contributed by atoms with E-state index in [2.05, 4.69) is 12.2 Å². The van der Waals surface area contributed by atoms with Crippen LogP contribution in [0.25, 0.3) is 0 Å². The van der Waals surface area contributed by atoms with Crippen molar-refractivity contribution < 1.29 is 22.7 Å². The molecule has 2 unspecified atom stereocenters. The Kier molecular flexibility index (Phi) is 7.50. The van der Waals surface area contributed by atoms with Gasteiger partial charge < -0.3 is 19.7 Å². The van der Waals surface area contributed by atoms with Crippen LogP contribution in [-0.4, -0.2) is 59.9 Å². The third-order valence-corrected chi connectivity index (χ3v) is 6.56. The van der Waals surface area contributed by atoms with Crippen LogP contribution in [0.15, 0.2) is 23.1 Å². The van der Waals surface area contributed by atoms with Crippen molar-refractivity contribution in [2.24, 2.45) is 11.1 Å². The van der Waals surface area contributed by atoms with Crippen LogP contribution in [0.1, 0.15) is 43.0 Å². The molecule has 2 atom stereocenters. The molecule has 1 heterocycles. The van der Waals surface area contributed by atoms with Crippen LogP contribution >= 0.6 is 0 Å². The summed E-state index contributed by atoms with van der Waals surface area (Å²) >= 11 is 0. The average molecular weight is 426 g/mol. The number of hydrogen-bond donors (Lipinski definition) is 2. The summed E-state index contributed by atoms with van der Waals surface area (Å²) in [4.78, 5) is 14.8. The van der Waals surface area contributed by atoms with E-state index in [4.69, 9.17) is 14.6 Å². The fourth-order valence-corrected chi connectivity index (χ4v) is 4.49. The SMILES string of the molecule is CC1CCCCC1OCCNC(=O)c1cc(S(N)(=O)=O)ccc1N1CCOCC1. The fraction of sp³-hybridized carbons (Fsp3) is 0.650. The Morgan fingerprint density at radius 1 is 1.28 bits per heavy atom. The number of anilines is 1. The molecule has 162 valence electrons. The van der Waals surface area contributed by atoms with Gasteiger partial charge in [-0.3, -0.25) is 4.79 Å². The number of carbonyl (C=O) groups is 1. The number of morpholine rings is 1. The maximum absolute atomic E-state index is 12.8. The van der Waals surface area contributed by atoms with Gasteiger partial charge in [-0.1, -0.05) is 19.8 Å². The number of rotatable bonds is 7. The molecule has 3 N–H and O–H groups in total. The van der Waals surface area contributed by atoms with Crippen LogP contribution in [0.4, 0.5) is 5.69 Å². The van der Waals surface area contributed by atoms with Gasteiger partial charge in [0, 0.05) is 25.3 Å². The van der Waals surface area contributed by atoms with E-state index in [1.165, 1.54) is 31.4 Å². The first-order valence-corrected chi connectivity index (χ1v) is 11.8. The van der Waals surface area contributed by atoms with E-state index in [-0.39, 0.29) is 16.9 Å². The Morgan fingerprint density at radius 2 is 2.00 bits per heavy atom. The van der Waals surface area contributed by atoms with Gasteiger partial charge >= 0.3 is 0 Å². The third kappa shape index (κ3) is 5.91. The number of amides is 1. The van der Waals surface area contributed by atoms with Crippen molar-refractivity contribution in [3.63, 3.8) is 0 Å². The van der Waals surface area contributed by atoms with Gasteiger partial charge in [-0.2, -0.15) is 0 Å². The summed E-state index contributed by atoms with van der Waals surface area (Å²) < 4.78 is 34.8. The van der Waals surface area contributed by atoms with E-state index in [1.807, 2.05) is 4.90 Å². The Hall–Kier alpha value is -1.68. The molecule has 1 amide bonds. The number of nitrogens with zero attached hydrogens (tertiary/aromatic N) is 1. The number of nitrogens with two attached hydrogens (primary N) is 1. The molecule has 1 saturated heterocycles. The van der Waals surface area contributed by atoms with Gasteiger partial charge in [-0.25, -0.2) is 13.6 Å². The minimum atomic E-state index is -3.90. The Labute approximate surface area is 172 Å². The first-order chi connectivity index (χ1) is 13.9. The van der Waals surface area contributed by atoms with E-state index in [1.54, 1.807) is 6.07 Å². The standard InChI is InChI=1S/C20H31N3O5S/c1-15-4-2-3-5-19(15)28-11-8-22-20(24)17-14-16(29(21,25)26)6-7-18(17)23-9-12-27-13-10-23/h6-7,14-15,19H,2-5,8-13H2,1H3,(H,22,24)(H2,21,25,26). The molecule has 1 aromatic carbocycles. The molecule has 1 aliphatic carbocycles. The lowest BCUT2D eigenvalue weighted by molar-refractivity contribution is -0.00293. The highest BCUT2D eigenvalue weighted by Crippen LogP contribution is 2.26. The molecule has 1 aliphatic heterocycles. The molecule has 2 aliphatic rings. The quantitative estimate of drug-likeness (QED) is 0.641. The van der Waals surface area contributed by atoms with Gasteiger partial charge in [-0.15, -0.1) is 0 Å². The van der Waals surface area contributed by atoms with E-state index in [0.29, 0.717) is 56.6 Å². The van der Waals surface area contributed by atoms with E-state index in [0.717, 1.165) is 6.42 Å². The molecule has 2 fully saturated rings. The van der Waals surface area contributed by atoms with E-state index < -0.39 is 10.0 Å². The van der Waals surface area contributed by atoms with E-state index in [9.17, 15) is 13.2 Å². The van der Waals surface area contributed by atoms with Crippen molar-refractivity contribution in [1.82, 2.24) is 5.32 Å². The largest absolute Gasteiger partial charge is 0.378 e.